The molecule has 0 saturated heterocycles. The lowest BCUT2D eigenvalue weighted by molar-refractivity contribution is 0.102. The molecule has 0 spiro atoms. The van der Waals surface area contributed by atoms with E-state index < -0.39 is 0 Å². The van der Waals surface area contributed by atoms with Crippen molar-refractivity contribution < 1.29 is 4.79 Å². The van der Waals surface area contributed by atoms with Crippen LogP contribution >= 0.6 is 23.1 Å². The first-order valence-corrected chi connectivity index (χ1v) is 9.56. The van der Waals surface area contributed by atoms with Gasteiger partial charge in [-0.15, -0.1) is 22.0 Å². The van der Waals surface area contributed by atoms with E-state index in [0.717, 1.165) is 23.7 Å². The van der Waals surface area contributed by atoms with Crippen LogP contribution in [0.15, 0.2) is 5.03 Å². The van der Waals surface area contributed by atoms with E-state index in [1.54, 1.807) is 0 Å². The van der Waals surface area contributed by atoms with Gasteiger partial charge < -0.3 is 0 Å². The van der Waals surface area contributed by atoms with Crippen LogP contribution in [0, 0.1) is 6.92 Å². The third-order valence-electron chi connectivity index (χ3n) is 3.16. The summed E-state index contributed by atoms with van der Waals surface area (Å²) in [6.07, 6.45) is 3.78. The van der Waals surface area contributed by atoms with Crippen molar-refractivity contribution in [3.05, 3.63) is 22.1 Å². The first-order valence-electron chi connectivity index (χ1n) is 7.52. The molecule has 0 saturated carbocycles. The number of thioether (sulfide) groups is 1. The molecule has 0 aliphatic heterocycles. The second-order valence-electron chi connectivity index (χ2n) is 5.41. The molecule has 0 bridgehead atoms. The van der Waals surface area contributed by atoms with Gasteiger partial charge in [0.2, 0.25) is 5.13 Å². The maximum Gasteiger partial charge on any atom is 0.262 e. The van der Waals surface area contributed by atoms with Crippen LogP contribution in [0.1, 0.15) is 60.0 Å². The molecule has 0 atom stereocenters. The lowest BCUT2D eigenvalue weighted by atomic mass is 10.1. The van der Waals surface area contributed by atoms with Crippen LogP contribution in [0.4, 0.5) is 5.13 Å². The highest BCUT2D eigenvalue weighted by molar-refractivity contribution is 7.98. The standard InChI is InChI=1S/C15H21N5OS2/c1-6-7-10-19-20-15(23-10)18-13(21)11-9(4)16-12(8(2)3)17-14(11)22-5/h8H,6-7H2,1-5H3,(H,18,20,21). The topological polar surface area (TPSA) is 80.7 Å². The van der Waals surface area contributed by atoms with Crippen molar-refractivity contribution in [2.24, 2.45) is 0 Å². The van der Waals surface area contributed by atoms with Crippen molar-refractivity contribution >= 4 is 34.1 Å². The second-order valence-corrected chi connectivity index (χ2v) is 7.27. The summed E-state index contributed by atoms with van der Waals surface area (Å²) in [6, 6.07) is 0. The Balaban J connectivity index is 2.27. The maximum atomic E-state index is 12.6. The fourth-order valence-corrected chi connectivity index (χ4v) is 3.48. The van der Waals surface area contributed by atoms with Gasteiger partial charge in [0, 0.05) is 12.3 Å². The van der Waals surface area contributed by atoms with E-state index >= 15 is 0 Å². The van der Waals surface area contributed by atoms with Crippen LogP contribution in [0.5, 0.6) is 0 Å². The Morgan fingerprint density at radius 3 is 2.65 bits per heavy atom. The van der Waals surface area contributed by atoms with Crippen LogP contribution in [0.2, 0.25) is 0 Å². The maximum absolute atomic E-state index is 12.6. The normalized spacial score (nSPS) is 11.0. The summed E-state index contributed by atoms with van der Waals surface area (Å²) in [4.78, 5) is 21.6. The van der Waals surface area contributed by atoms with Gasteiger partial charge in [0.1, 0.15) is 15.9 Å². The molecule has 2 aromatic heterocycles. The molecule has 0 radical (unpaired) electrons. The molecular formula is C15H21N5OS2. The van der Waals surface area contributed by atoms with Crippen LogP contribution < -0.4 is 5.32 Å². The summed E-state index contributed by atoms with van der Waals surface area (Å²) in [5.41, 5.74) is 1.19. The van der Waals surface area contributed by atoms with E-state index in [1.807, 2.05) is 27.0 Å². The molecule has 1 amide bonds. The van der Waals surface area contributed by atoms with E-state index in [9.17, 15) is 4.79 Å². The zero-order chi connectivity index (χ0) is 17.0. The number of aryl methyl sites for hydroxylation is 2. The van der Waals surface area contributed by atoms with Crippen molar-refractivity contribution in [2.75, 3.05) is 11.6 Å². The fraction of sp³-hybridized carbons (Fsp3) is 0.533. The number of carbonyl (C=O) groups excluding carboxylic acids is 1. The largest absolute Gasteiger partial charge is 0.296 e. The summed E-state index contributed by atoms with van der Waals surface area (Å²) in [5.74, 6) is 0.738. The van der Waals surface area contributed by atoms with Gasteiger partial charge in [-0.1, -0.05) is 32.1 Å². The molecule has 124 valence electrons. The zero-order valence-electron chi connectivity index (χ0n) is 14.0. The molecule has 0 aliphatic rings. The van der Waals surface area contributed by atoms with Crippen molar-refractivity contribution in [3.8, 4) is 0 Å². The molecule has 2 aromatic rings. The monoisotopic (exact) mass is 351 g/mol. The van der Waals surface area contributed by atoms with Gasteiger partial charge in [-0.3, -0.25) is 10.1 Å². The van der Waals surface area contributed by atoms with Gasteiger partial charge in [-0.25, -0.2) is 9.97 Å². The predicted molar refractivity (Wildman–Crippen MR) is 94.5 cm³/mol. The molecule has 1 N–H and O–H groups in total. The molecule has 2 rings (SSSR count). The van der Waals surface area contributed by atoms with Gasteiger partial charge in [-0.2, -0.15) is 0 Å². The number of hydrogen-bond acceptors (Lipinski definition) is 7. The Kier molecular flexibility index (Phi) is 6.06. The Labute approximate surface area is 144 Å². The second kappa shape index (κ2) is 7.83. The number of nitrogens with zero attached hydrogens (tertiary/aromatic N) is 4. The van der Waals surface area contributed by atoms with Gasteiger partial charge in [-0.05, 0) is 19.6 Å². The van der Waals surface area contributed by atoms with Crippen LogP contribution in [0.25, 0.3) is 0 Å². The summed E-state index contributed by atoms with van der Waals surface area (Å²) in [6.45, 7) is 8.00. The van der Waals surface area contributed by atoms with Crippen molar-refractivity contribution in [1.29, 1.82) is 0 Å². The van der Waals surface area contributed by atoms with Crippen molar-refractivity contribution in [1.82, 2.24) is 20.2 Å². The summed E-state index contributed by atoms with van der Waals surface area (Å²) >= 11 is 2.85. The number of carbonyl (C=O) groups is 1. The van der Waals surface area contributed by atoms with Crippen LogP contribution in [-0.2, 0) is 6.42 Å². The molecule has 0 aromatic carbocycles. The molecule has 6 nitrogen and oxygen atoms in total. The minimum atomic E-state index is -0.235. The summed E-state index contributed by atoms with van der Waals surface area (Å²) in [5, 5.41) is 13.0. The van der Waals surface area contributed by atoms with Crippen molar-refractivity contribution in [2.45, 2.75) is 51.5 Å². The molecule has 0 aliphatic carbocycles. The first-order chi connectivity index (χ1) is 11.0. The number of amides is 1. The summed E-state index contributed by atoms with van der Waals surface area (Å²) < 4.78 is 0. The van der Waals surface area contributed by atoms with Gasteiger partial charge >= 0.3 is 0 Å². The fourth-order valence-electron chi connectivity index (χ4n) is 2.01. The van der Waals surface area contributed by atoms with E-state index in [0.29, 0.717) is 21.4 Å². The number of anilines is 1. The van der Waals surface area contributed by atoms with E-state index in [2.05, 4.69) is 32.4 Å². The van der Waals surface area contributed by atoms with E-state index in [1.165, 1.54) is 23.1 Å². The molecule has 8 heteroatoms. The van der Waals surface area contributed by atoms with Crippen LogP contribution in [0.3, 0.4) is 0 Å². The number of aromatic nitrogens is 4. The summed E-state index contributed by atoms with van der Waals surface area (Å²) in [7, 11) is 0. The molecule has 0 fully saturated rings. The zero-order valence-corrected chi connectivity index (χ0v) is 15.6. The number of nitrogens with one attached hydrogen (secondary N) is 1. The van der Waals surface area contributed by atoms with E-state index in [4.69, 9.17) is 0 Å². The Bertz CT molecular complexity index is 699. The third kappa shape index (κ3) is 4.26. The quantitative estimate of drug-likeness (QED) is 0.631. The average molecular weight is 352 g/mol. The number of hydrogen-bond donors (Lipinski definition) is 1. The molecule has 23 heavy (non-hydrogen) atoms. The smallest absolute Gasteiger partial charge is 0.262 e. The minimum Gasteiger partial charge on any atom is -0.296 e. The highest BCUT2D eigenvalue weighted by Gasteiger charge is 2.20. The molecular weight excluding hydrogens is 330 g/mol. The van der Waals surface area contributed by atoms with Crippen molar-refractivity contribution in [3.63, 3.8) is 0 Å². The lowest BCUT2D eigenvalue weighted by Gasteiger charge is -2.12. The Morgan fingerprint density at radius 1 is 1.30 bits per heavy atom. The molecule has 0 unspecified atom stereocenters. The molecule has 2 heterocycles. The lowest BCUT2D eigenvalue weighted by Crippen LogP contribution is -2.17. The number of rotatable bonds is 6. The SMILES string of the molecule is CCCc1nnc(NC(=O)c2c(C)nc(C(C)C)nc2SC)s1. The predicted octanol–water partition coefficient (Wildman–Crippen LogP) is 3.69. The third-order valence-corrected chi connectivity index (χ3v) is 4.74. The van der Waals surface area contributed by atoms with Crippen LogP contribution in [-0.4, -0.2) is 32.3 Å². The highest BCUT2D eigenvalue weighted by Crippen LogP contribution is 2.25. The minimum absolute atomic E-state index is 0.219. The van der Waals surface area contributed by atoms with Gasteiger partial charge in [0.25, 0.3) is 5.91 Å². The first kappa shape index (κ1) is 17.8. The Morgan fingerprint density at radius 2 is 2.04 bits per heavy atom. The highest BCUT2D eigenvalue weighted by atomic mass is 32.2. The van der Waals surface area contributed by atoms with E-state index in [-0.39, 0.29) is 11.8 Å². The van der Waals surface area contributed by atoms with Gasteiger partial charge in [0.15, 0.2) is 0 Å². The van der Waals surface area contributed by atoms with Gasteiger partial charge in [0.05, 0.1) is 11.3 Å². The Hall–Kier alpha value is -1.54. The average Bonchev–Trinajstić information content (AvgIpc) is 2.93.